The van der Waals surface area contributed by atoms with Crippen LogP contribution >= 0.6 is 0 Å². The molecule has 1 aromatic heterocycles. The Labute approximate surface area is 96.2 Å². The molecule has 1 aromatic rings. The van der Waals surface area contributed by atoms with Gasteiger partial charge < -0.3 is 0 Å². The van der Waals surface area contributed by atoms with Crippen molar-refractivity contribution in [1.29, 1.82) is 0 Å². The van der Waals surface area contributed by atoms with E-state index in [1.807, 2.05) is 17.9 Å². The van der Waals surface area contributed by atoms with Crippen LogP contribution in [0, 0.1) is 0 Å². The average molecular weight is 221 g/mol. The largest absolute Gasteiger partial charge is 0.299 e. The van der Waals surface area contributed by atoms with Crippen molar-refractivity contribution in [2.24, 2.45) is 7.05 Å². The first-order valence-corrected chi connectivity index (χ1v) is 5.85. The number of carbonyl (C=O) groups excluding carboxylic acids is 1. The summed E-state index contributed by atoms with van der Waals surface area (Å²) < 4.78 is 1.86. The summed E-state index contributed by atoms with van der Waals surface area (Å²) in [7, 11) is 1.95. The Morgan fingerprint density at radius 1 is 1.50 bits per heavy atom. The molecular formula is C12H19N3O. The van der Waals surface area contributed by atoms with Crippen molar-refractivity contribution in [3.05, 3.63) is 18.0 Å². The fourth-order valence-corrected chi connectivity index (χ4v) is 2.39. The Morgan fingerprint density at radius 2 is 2.19 bits per heavy atom. The van der Waals surface area contributed by atoms with Gasteiger partial charge in [-0.1, -0.05) is 0 Å². The Hall–Kier alpha value is -1.16. The van der Waals surface area contributed by atoms with Crippen LogP contribution in [-0.2, 0) is 11.8 Å². The van der Waals surface area contributed by atoms with Gasteiger partial charge in [-0.25, -0.2) is 0 Å². The van der Waals surface area contributed by atoms with Crippen LogP contribution < -0.4 is 0 Å². The number of aryl methyl sites for hydroxylation is 1. The van der Waals surface area contributed by atoms with Crippen molar-refractivity contribution in [2.45, 2.75) is 25.7 Å². The van der Waals surface area contributed by atoms with Crippen LogP contribution in [0.15, 0.2) is 12.4 Å². The number of hydrogen-bond donors (Lipinski definition) is 0. The lowest BCUT2D eigenvalue weighted by Gasteiger charge is -2.30. The number of piperidine rings is 1. The van der Waals surface area contributed by atoms with Crippen molar-refractivity contribution in [2.75, 3.05) is 19.6 Å². The molecule has 0 saturated carbocycles. The minimum absolute atomic E-state index is 0.264. The molecule has 0 aliphatic carbocycles. The molecule has 0 unspecified atom stereocenters. The van der Waals surface area contributed by atoms with Gasteiger partial charge in [-0.3, -0.25) is 14.4 Å². The first-order valence-electron chi connectivity index (χ1n) is 5.85. The molecule has 16 heavy (non-hydrogen) atoms. The summed E-state index contributed by atoms with van der Waals surface area (Å²) in [5.74, 6) is 0.886. The van der Waals surface area contributed by atoms with E-state index < -0.39 is 0 Å². The molecule has 2 rings (SSSR count). The van der Waals surface area contributed by atoms with E-state index in [9.17, 15) is 4.79 Å². The number of rotatable bonds is 3. The molecule has 88 valence electrons. The number of hydrogen-bond acceptors (Lipinski definition) is 3. The molecule has 0 atom stereocenters. The van der Waals surface area contributed by atoms with Gasteiger partial charge in [0.05, 0.1) is 12.7 Å². The molecule has 1 saturated heterocycles. The van der Waals surface area contributed by atoms with E-state index in [4.69, 9.17) is 0 Å². The highest BCUT2D eigenvalue weighted by atomic mass is 16.1. The summed E-state index contributed by atoms with van der Waals surface area (Å²) in [5, 5.41) is 4.21. The zero-order chi connectivity index (χ0) is 11.5. The lowest BCUT2D eigenvalue weighted by molar-refractivity contribution is -0.118. The van der Waals surface area contributed by atoms with Crippen molar-refractivity contribution >= 4 is 5.78 Å². The smallest absolute Gasteiger partial charge is 0.143 e. The zero-order valence-corrected chi connectivity index (χ0v) is 10.0. The molecule has 1 aliphatic heterocycles. The highest BCUT2D eigenvalue weighted by molar-refractivity contribution is 5.77. The van der Waals surface area contributed by atoms with Crippen molar-refractivity contribution < 1.29 is 4.79 Å². The second kappa shape index (κ2) is 4.78. The van der Waals surface area contributed by atoms with E-state index in [-0.39, 0.29) is 5.78 Å². The third-order valence-corrected chi connectivity index (χ3v) is 3.23. The molecule has 4 heteroatoms. The number of likely N-dealkylation sites (tertiary alicyclic amines) is 1. The van der Waals surface area contributed by atoms with E-state index in [0.717, 1.165) is 25.9 Å². The Morgan fingerprint density at radius 3 is 2.69 bits per heavy atom. The normalized spacial score (nSPS) is 18.9. The number of ketones is 1. The minimum Gasteiger partial charge on any atom is -0.299 e. The SMILES string of the molecule is CC(=O)CN1CCC(c2cnn(C)c2)CC1. The quantitative estimate of drug-likeness (QED) is 0.769. The number of carbonyl (C=O) groups is 1. The van der Waals surface area contributed by atoms with Gasteiger partial charge in [0.2, 0.25) is 0 Å². The molecule has 0 radical (unpaired) electrons. The summed E-state index contributed by atoms with van der Waals surface area (Å²) >= 11 is 0. The van der Waals surface area contributed by atoms with Gasteiger partial charge in [0, 0.05) is 13.2 Å². The highest BCUT2D eigenvalue weighted by Gasteiger charge is 2.21. The predicted octanol–water partition coefficient (Wildman–Crippen LogP) is 1.19. The van der Waals surface area contributed by atoms with Crippen LogP contribution in [0.4, 0.5) is 0 Å². The molecule has 4 nitrogen and oxygen atoms in total. The van der Waals surface area contributed by atoms with Crippen LogP contribution in [0.3, 0.4) is 0 Å². The third-order valence-electron chi connectivity index (χ3n) is 3.23. The maximum absolute atomic E-state index is 11.0. The second-order valence-corrected chi connectivity index (χ2v) is 4.70. The Kier molecular flexibility index (Phi) is 3.39. The Bertz CT molecular complexity index is 364. The minimum atomic E-state index is 0.264. The molecule has 0 aromatic carbocycles. The van der Waals surface area contributed by atoms with Crippen molar-refractivity contribution in [1.82, 2.24) is 14.7 Å². The molecular weight excluding hydrogens is 202 g/mol. The van der Waals surface area contributed by atoms with Gasteiger partial charge in [-0.05, 0) is 44.3 Å². The average Bonchev–Trinajstić information content (AvgIpc) is 2.65. The molecule has 2 heterocycles. The van der Waals surface area contributed by atoms with Gasteiger partial charge in [0.25, 0.3) is 0 Å². The third kappa shape index (κ3) is 2.70. The number of Topliss-reactive ketones (excluding diaryl/α,β-unsaturated/α-hetero) is 1. The molecule has 0 N–H and O–H groups in total. The molecule has 1 aliphatic rings. The van der Waals surface area contributed by atoms with Crippen LogP contribution in [0.5, 0.6) is 0 Å². The standard InChI is InChI=1S/C12H19N3O/c1-10(16)8-15-5-3-11(4-6-15)12-7-13-14(2)9-12/h7,9,11H,3-6,8H2,1-2H3. The lowest BCUT2D eigenvalue weighted by atomic mass is 9.91. The molecule has 1 fully saturated rings. The van der Waals surface area contributed by atoms with E-state index in [1.165, 1.54) is 5.56 Å². The topological polar surface area (TPSA) is 38.1 Å². The molecule has 0 bridgehead atoms. The fourth-order valence-electron chi connectivity index (χ4n) is 2.39. The van der Waals surface area contributed by atoms with Crippen molar-refractivity contribution in [3.63, 3.8) is 0 Å². The van der Waals surface area contributed by atoms with Gasteiger partial charge in [0.15, 0.2) is 0 Å². The summed E-state index contributed by atoms with van der Waals surface area (Å²) in [6.45, 7) is 4.32. The van der Waals surface area contributed by atoms with Gasteiger partial charge in [-0.15, -0.1) is 0 Å². The summed E-state index contributed by atoms with van der Waals surface area (Å²) in [5.41, 5.74) is 1.34. The molecule has 0 amide bonds. The summed E-state index contributed by atoms with van der Waals surface area (Å²) in [4.78, 5) is 13.3. The summed E-state index contributed by atoms with van der Waals surface area (Å²) in [6.07, 6.45) is 6.34. The lowest BCUT2D eigenvalue weighted by Crippen LogP contribution is -2.36. The van der Waals surface area contributed by atoms with Crippen molar-refractivity contribution in [3.8, 4) is 0 Å². The van der Waals surface area contributed by atoms with Gasteiger partial charge in [-0.2, -0.15) is 5.10 Å². The van der Waals surface area contributed by atoms with Gasteiger partial charge in [0.1, 0.15) is 5.78 Å². The monoisotopic (exact) mass is 221 g/mol. The number of aromatic nitrogens is 2. The van der Waals surface area contributed by atoms with Crippen LogP contribution in [0.2, 0.25) is 0 Å². The van der Waals surface area contributed by atoms with Crippen LogP contribution in [-0.4, -0.2) is 40.1 Å². The zero-order valence-electron chi connectivity index (χ0n) is 10.0. The Balaban J connectivity index is 1.87. The van der Waals surface area contributed by atoms with E-state index >= 15 is 0 Å². The first-order chi connectivity index (χ1) is 7.65. The van der Waals surface area contributed by atoms with Gasteiger partial charge >= 0.3 is 0 Å². The van der Waals surface area contributed by atoms with E-state index in [2.05, 4.69) is 16.2 Å². The van der Waals surface area contributed by atoms with E-state index in [0.29, 0.717) is 12.5 Å². The maximum Gasteiger partial charge on any atom is 0.143 e. The first kappa shape index (κ1) is 11.3. The number of nitrogens with zero attached hydrogens (tertiary/aromatic N) is 3. The maximum atomic E-state index is 11.0. The highest BCUT2D eigenvalue weighted by Crippen LogP contribution is 2.27. The van der Waals surface area contributed by atoms with Crippen LogP contribution in [0.25, 0.3) is 0 Å². The van der Waals surface area contributed by atoms with E-state index in [1.54, 1.807) is 6.92 Å². The van der Waals surface area contributed by atoms with Crippen LogP contribution in [0.1, 0.15) is 31.2 Å². The fraction of sp³-hybridized carbons (Fsp3) is 0.667. The summed E-state index contributed by atoms with van der Waals surface area (Å²) in [6, 6.07) is 0. The molecule has 0 spiro atoms. The predicted molar refractivity (Wildman–Crippen MR) is 62.3 cm³/mol. The second-order valence-electron chi connectivity index (χ2n) is 4.70.